The van der Waals surface area contributed by atoms with E-state index < -0.39 is 8.53 Å². The van der Waals surface area contributed by atoms with E-state index in [0.29, 0.717) is 37.8 Å². The molecule has 0 aromatic carbocycles. The molecular weight excluding hydrogens is 583 g/mol. The third-order valence-corrected chi connectivity index (χ3v) is 6.10. The fourth-order valence-corrected chi connectivity index (χ4v) is 4.39. The average Bonchev–Trinajstić information content (AvgIpc) is 3.11. The SMILES string of the molecule is CC(C)N(C(C)C)P(OCCC#N)OCCn1nc(-c2ccncc2)nc1CO.[Ir]. The molecule has 0 aliphatic rings. The molecule has 2 rings (SSSR count). The summed E-state index contributed by atoms with van der Waals surface area (Å²) in [5.74, 6) is 1.01. The summed E-state index contributed by atoms with van der Waals surface area (Å²) in [7, 11) is -1.31. The molecule has 0 aliphatic carbocycles. The van der Waals surface area contributed by atoms with Crippen molar-refractivity contribution in [2.75, 3.05) is 13.2 Å². The van der Waals surface area contributed by atoms with Crippen molar-refractivity contribution in [1.82, 2.24) is 24.4 Å². The summed E-state index contributed by atoms with van der Waals surface area (Å²) in [6.07, 6.45) is 3.67. The molecule has 0 fully saturated rings. The Morgan fingerprint density at radius 3 is 2.37 bits per heavy atom. The number of aromatic nitrogens is 4. The van der Waals surface area contributed by atoms with E-state index >= 15 is 0 Å². The largest absolute Gasteiger partial charge is 0.388 e. The molecule has 2 aromatic heterocycles. The van der Waals surface area contributed by atoms with E-state index in [4.69, 9.17) is 14.3 Å². The molecule has 30 heavy (non-hydrogen) atoms. The van der Waals surface area contributed by atoms with Crippen molar-refractivity contribution in [1.29, 1.82) is 5.26 Å². The zero-order valence-electron chi connectivity index (χ0n) is 17.7. The number of rotatable bonds is 12. The van der Waals surface area contributed by atoms with Crippen LogP contribution in [0.3, 0.4) is 0 Å². The van der Waals surface area contributed by atoms with Crippen molar-refractivity contribution >= 4 is 8.53 Å². The number of aliphatic hydroxyl groups is 1. The molecule has 2 heterocycles. The maximum absolute atomic E-state index is 9.63. The Kier molecular flexibility index (Phi) is 12.4. The molecule has 167 valence electrons. The second-order valence-electron chi connectivity index (χ2n) is 6.85. The van der Waals surface area contributed by atoms with Crippen molar-refractivity contribution in [3.8, 4) is 17.5 Å². The predicted molar refractivity (Wildman–Crippen MR) is 110 cm³/mol. The first kappa shape index (κ1) is 26.7. The average molecular weight is 613 g/mol. The van der Waals surface area contributed by atoms with Crippen LogP contribution in [0.15, 0.2) is 24.5 Å². The summed E-state index contributed by atoms with van der Waals surface area (Å²) in [6, 6.07) is 6.21. The van der Waals surface area contributed by atoms with Crippen LogP contribution in [0.5, 0.6) is 0 Å². The van der Waals surface area contributed by atoms with Gasteiger partial charge in [-0.15, -0.1) is 0 Å². The predicted octanol–water partition coefficient (Wildman–Crippen LogP) is 3.12. The fraction of sp³-hybridized carbons (Fsp3) is 0.579. The van der Waals surface area contributed by atoms with E-state index in [1.807, 2.05) is 12.1 Å². The van der Waals surface area contributed by atoms with Gasteiger partial charge >= 0.3 is 0 Å². The normalized spacial score (nSPS) is 12.2. The third-order valence-electron chi connectivity index (χ3n) is 4.00. The number of aliphatic hydroxyl groups excluding tert-OH is 1. The molecule has 0 saturated carbocycles. The molecule has 0 aliphatic heterocycles. The minimum Gasteiger partial charge on any atom is -0.388 e. The molecule has 1 unspecified atom stereocenters. The summed E-state index contributed by atoms with van der Waals surface area (Å²) < 4.78 is 15.8. The zero-order chi connectivity index (χ0) is 21.2. The Labute approximate surface area is 192 Å². The van der Waals surface area contributed by atoms with Gasteiger partial charge in [0.05, 0.1) is 32.2 Å². The van der Waals surface area contributed by atoms with Crippen LogP contribution in [0.1, 0.15) is 39.9 Å². The first-order chi connectivity index (χ1) is 14.0. The van der Waals surface area contributed by atoms with Crippen molar-refractivity contribution in [2.24, 2.45) is 0 Å². The molecule has 1 radical (unpaired) electrons. The summed E-state index contributed by atoms with van der Waals surface area (Å²) >= 11 is 0. The quantitative estimate of drug-likeness (QED) is 0.288. The van der Waals surface area contributed by atoms with Crippen molar-refractivity contribution in [3.63, 3.8) is 0 Å². The summed E-state index contributed by atoms with van der Waals surface area (Å²) in [4.78, 5) is 8.39. The van der Waals surface area contributed by atoms with E-state index in [9.17, 15) is 5.11 Å². The Hall–Kier alpha value is -1.30. The van der Waals surface area contributed by atoms with Crippen LogP contribution in [-0.2, 0) is 42.3 Å². The van der Waals surface area contributed by atoms with Crippen molar-refractivity contribution < 1.29 is 34.3 Å². The second kappa shape index (κ2) is 13.9. The van der Waals surface area contributed by atoms with Crippen LogP contribution in [0.4, 0.5) is 0 Å². The third kappa shape index (κ3) is 7.75. The van der Waals surface area contributed by atoms with Gasteiger partial charge in [0.1, 0.15) is 6.61 Å². The molecule has 0 saturated heterocycles. The number of pyridine rings is 1. The van der Waals surface area contributed by atoms with Crippen LogP contribution in [-0.4, -0.2) is 54.8 Å². The number of nitrogens with zero attached hydrogens (tertiary/aromatic N) is 6. The van der Waals surface area contributed by atoms with Gasteiger partial charge in [0.2, 0.25) is 0 Å². The second-order valence-corrected chi connectivity index (χ2v) is 8.30. The first-order valence-corrected chi connectivity index (χ1v) is 10.8. The number of hydrogen-bond donors (Lipinski definition) is 1. The molecule has 0 spiro atoms. The molecule has 0 amide bonds. The van der Waals surface area contributed by atoms with E-state index in [1.165, 1.54) is 0 Å². The number of hydrogen-bond acceptors (Lipinski definition) is 8. The molecule has 1 N–H and O–H groups in total. The monoisotopic (exact) mass is 613 g/mol. The maximum Gasteiger partial charge on any atom is 0.259 e. The van der Waals surface area contributed by atoms with E-state index in [1.54, 1.807) is 17.1 Å². The molecule has 1 atom stereocenters. The fourth-order valence-electron chi connectivity index (χ4n) is 2.81. The molecule has 2 aromatic rings. The van der Waals surface area contributed by atoms with Gasteiger partial charge in [-0.2, -0.15) is 10.4 Å². The van der Waals surface area contributed by atoms with Crippen LogP contribution in [0, 0.1) is 11.3 Å². The summed E-state index contributed by atoms with van der Waals surface area (Å²) in [5, 5.41) is 22.9. The Morgan fingerprint density at radius 1 is 1.17 bits per heavy atom. The van der Waals surface area contributed by atoms with E-state index in [2.05, 4.69) is 53.5 Å². The van der Waals surface area contributed by atoms with Gasteiger partial charge in [0.25, 0.3) is 8.53 Å². The van der Waals surface area contributed by atoms with Crippen molar-refractivity contribution in [2.45, 2.75) is 59.4 Å². The Balaban J connectivity index is 0.00000450. The molecule has 9 nitrogen and oxygen atoms in total. The van der Waals surface area contributed by atoms with Crippen LogP contribution >= 0.6 is 8.53 Å². The first-order valence-electron chi connectivity index (χ1n) is 9.64. The zero-order valence-corrected chi connectivity index (χ0v) is 21.0. The van der Waals surface area contributed by atoms with E-state index in [-0.39, 0.29) is 38.8 Å². The van der Waals surface area contributed by atoms with Gasteiger partial charge in [0.15, 0.2) is 11.6 Å². The van der Waals surface area contributed by atoms with Gasteiger partial charge in [-0.25, -0.2) is 14.3 Å². The number of nitriles is 1. The molecule has 11 heteroatoms. The maximum atomic E-state index is 9.63. The smallest absolute Gasteiger partial charge is 0.259 e. The van der Waals surface area contributed by atoms with Gasteiger partial charge in [0, 0.05) is 50.1 Å². The Bertz CT molecular complexity index is 776. The van der Waals surface area contributed by atoms with Crippen LogP contribution in [0.25, 0.3) is 11.4 Å². The minimum atomic E-state index is -1.31. The van der Waals surface area contributed by atoms with E-state index in [0.717, 1.165) is 5.56 Å². The minimum absolute atomic E-state index is 0. The van der Waals surface area contributed by atoms with Crippen LogP contribution in [0.2, 0.25) is 0 Å². The Morgan fingerprint density at radius 2 is 1.80 bits per heavy atom. The summed E-state index contributed by atoms with van der Waals surface area (Å²) in [6.45, 7) is 9.26. The standard InChI is InChI=1S/C19H29N6O3P.Ir/c1-15(2)25(16(3)4)29(27-12-5-8-20)28-13-11-24-18(14-26)22-19(23-24)17-6-9-21-10-7-17;/h6-7,9-10,15-16,26H,5,11-14H2,1-4H3;. The summed E-state index contributed by atoms with van der Waals surface area (Å²) in [5.41, 5.74) is 0.835. The van der Waals surface area contributed by atoms with Gasteiger partial charge in [-0.05, 0) is 39.8 Å². The van der Waals surface area contributed by atoms with Gasteiger partial charge < -0.3 is 14.2 Å². The van der Waals surface area contributed by atoms with Gasteiger partial charge in [-0.3, -0.25) is 4.98 Å². The van der Waals surface area contributed by atoms with Gasteiger partial charge in [-0.1, -0.05) is 0 Å². The molecule has 0 bridgehead atoms. The van der Waals surface area contributed by atoms with Crippen LogP contribution < -0.4 is 0 Å². The molecular formula is C19H29IrN6O3P. The topological polar surface area (TPSA) is 109 Å². The van der Waals surface area contributed by atoms with Crippen molar-refractivity contribution in [3.05, 3.63) is 30.4 Å².